The summed E-state index contributed by atoms with van der Waals surface area (Å²) < 4.78 is 0. The summed E-state index contributed by atoms with van der Waals surface area (Å²) in [4.78, 5) is 9.29. The van der Waals surface area contributed by atoms with Crippen LogP contribution in [-0.2, 0) is 0 Å². The SMILES string of the molecule is O=[N+]([O-])C=C(CS)CS. The second kappa shape index (κ2) is 4.69. The second-order valence-corrected chi connectivity index (χ2v) is 2.02. The summed E-state index contributed by atoms with van der Waals surface area (Å²) in [5.41, 5.74) is 0.617. The van der Waals surface area contributed by atoms with Gasteiger partial charge in [-0.2, -0.15) is 25.3 Å². The van der Waals surface area contributed by atoms with Crippen molar-refractivity contribution in [3.63, 3.8) is 0 Å². The Morgan fingerprint density at radius 1 is 1.56 bits per heavy atom. The molecule has 0 spiro atoms. The predicted molar refractivity (Wildman–Crippen MR) is 42.8 cm³/mol. The Bertz CT molecular complexity index is 129. The molecule has 0 rings (SSSR count). The van der Waals surface area contributed by atoms with Crippen LogP contribution in [0, 0.1) is 10.1 Å². The Morgan fingerprint density at radius 3 is 2.11 bits per heavy atom. The molecule has 0 aliphatic carbocycles. The first-order valence-electron chi connectivity index (χ1n) is 2.25. The van der Waals surface area contributed by atoms with E-state index in [1.807, 2.05) is 0 Å². The molecule has 0 unspecified atom stereocenters. The van der Waals surface area contributed by atoms with Crippen molar-refractivity contribution in [1.29, 1.82) is 0 Å². The first kappa shape index (κ1) is 8.84. The van der Waals surface area contributed by atoms with Crippen molar-refractivity contribution in [3.8, 4) is 0 Å². The van der Waals surface area contributed by atoms with Crippen LogP contribution >= 0.6 is 25.3 Å². The smallest absolute Gasteiger partial charge is 0.235 e. The van der Waals surface area contributed by atoms with Gasteiger partial charge in [0, 0.05) is 17.1 Å². The van der Waals surface area contributed by atoms with Gasteiger partial charge in [0.1, 0.15) is 0 Å². The van der Waals surface area contributed by atoms with E-state index in [2.05, 4.69) is 25.3 Å². The second-order valence-electron chi connectivity index (χ2n) is 1.39. The average molecular weight is 165 g/mol. The number of nitro groups is 1. The lowest BCUT2D eigenvalue weighted by Gasteiger charge is -1.90. The van der Waals surface area contributed by atoms with Crippen LogP contribution in [0.25, 0.3) is 0 Å². The normalized spacial score (nSPS) is 8.67. The summed E-state index contributed by atoms with van der Waals surface area (Å²) >= 11 is 7.70. The summed E-state index contributed by atoms with van der Waals surface area (Å²) in [6.45, 7) is 0. The molecular formula is C4H7NO2S2. The van der Waals surface area contributed by atoms with Crippen molar-refractivity contribution >= 4 is 25.3 Å². The predicted octanol–water partition coefficient (Wildman–Crippen LogP) is 1.01. The van der Waals surface area contributed by atoms with Gasteiger partial charge in [-0.05, 0) is 0 Å². The van der Waals surface area contributed by atoms with Crippen LogP contribution in [0.4, 0.5) is 0 Å². The maximum atomic E-state index is 9.79. The van der Waals surface area contributed by atoms with E-state index in [1.54, 1.807) is 0 Å². The fourth-order valence-electron chi connectivity index (χ4n) is 0.281. The zero-order chi connectivity index (χ0) is 7.28. The van der Waals surface area contributed by atoms with E-state index in [1.165, 1.54) is 0 Å². The largest absolute Gasteiger partial charge is 0.259 e. The molecule has 0 aliphatic rings. The van der Waals surface area contributed by atoms with E-state index in [4.69, 9.17) is 0 Å². The first-order valence-corrected chi connectivity index (χ1v) is 3.52. The fraction of sp³-hybridized carbons (Fsp3) is 0.500. The van der Waals surface area contributed by atoms with Gasteiger partial charge in [-0.3, -0.25) is 10.1 Å². The molecule has 5 heteroatoms. The summed E-state index contributed by atoms with van der Waals surface area (Å²) in [5, 5.41) is 9.79. The summed E-state index contributed by atoms with van der Waals surface area (Å²) in [6, 6.07) is 0. The van der Waals surface area contributed by atoms with Crippen LogP contribution in [-0.4, -0.2) is 16.4 Å². The minimum atomic E-state index is -0.498. The molecular weight excluding hydrogens is 158 g/mol. The van der Waals surface area contributed by atoms with Gasteiger partial charge in [-0.25, -0.2) is 0 Å². The van der Waals surface area contributed by atoms with Gasteiger partial charge in [0.25, 0.3) is 0 Å². The number of hydrogen-bond donors (Lipinski definition) is 2. The molecule has 0 aliphatic heterocycles. The van der Waals surface area contributed by atoms with Crippen LogP contribution in [0.15, 0.2) is 11.8 Å². The van der Waals surface area contributed by atoms with Crippen molar-refractivity contribution in [2.45, 2.75) is 0 Å². The lowest BCUT2D eigenvalue weighted by atomic mass is 10.4. The zero-order valence-corrected chi connectivity index (χ0v) is 6.44. The summed E-state index contributed by atoms with van der Waals surface area (Å²) in [7, 11) is 0. The van der Waals surface area contributed by atoms with Gasteiger partial charge < -0.3 is 0 Å². The number of nitrogens with zero attached hydrogens (tertiary/aromatic N) is 1. The highest BCUT2D eigenvalue weighted by Gasteiger charge is 1.95. The molecule has 3 nitrogen and oxygen atoms in total. The molecule has 0 bridgehead atoms. The van der Waals surface area contributed by atoms with Gasteiger partial charge in [-0.1, -0.05) is 0 Å². The molecule has 0 aromatic rings. The van der Waals surface area contributed by atoms with E-state index >= 15 is 0 Å². The van der Waals surface area contributed by atoms with Gasteiger partial charge in [0.15, 0.2) is 0 Å². The topological polar surface area (TPSA) is 43.1 Å². The Hall–Kier alpha value is -0.160. The molecule has 9 heavy (non-hydrogen) atoms. The third-order valence-electron chi connectivity index (χ3n) is 0.694. The summed E-state index contributed by atoms with van der Waals surface area (Å²) in [6.07, 6.45) is 0.931. The fourth-order valence-corrected chi connectivity index (χ4v) is 0.844. The van der Waals surface area contributed by atoms with Gasteiger partial charge in [-0.15, -0.1) is 0 Å². The van der Waals surface area contributed by atoms with Crippen molar-refractivity contribution in [3.05, 3.63) is 21.9 Å². The Kier molecular flexibility index (Phi) is 4.61. The third kappa shape index (κ3) is 4.35. The minimum Gasteiger partial charge on any atom is -0.259 e. The minimum absolute atomic E-state index is 0.393. The number of thiol groups is 2. The first-order chi connectivity index (χ1) is 4.20. The van der Waals surface area contributed by atoms with E-state index < -0.39 is 4.92 Å². The Balaban J connectivity index is 3.91. The number of rotatable bonds is 3. The van der Waals surface area contributed by atoms with Crippen LogP contribution in [0.3, 0.4) is 0 Å². The Labute approximate surface area is 64.1 Å². The van der Waals surface area contributed by atoms with Crippen LogP contribution in [0.1, 0.15) is 0 Å². The third-order valence-corrected chi connectivity index (χ3v) is 1.51. The molecule has 0 atom stereocenters. The van der Waals surface area contributed by atoms with Crippen molar-refractivity contribution in [2.75, 3.05) is 11.5 Å². The molecule has 0 aromatic heterocycles. The van der Waals surface area contributed by atoms with E-state index in [9.17, 15) is 10.1 Å². The molecule has 0 amide bonds. The molecule has 0 aromatic carbocycles. The zero-order valence-electron chi connectivity index (χ0n) is 4.65. The van der Waals surface area contributed by atoms with Gasteiger partial charge in [0.2, 0.25) is 6.20 Å². The molecule has 0 saturated carbocycles. The van der Waals surface area contributed by atoms with E-state index in [0.717, 1.165) is 6.20 Å². The lowest BCUT2D eigenvalue weighted by Crippen LogP contribution is -1.92. The van der Waals surface area contributed by atoms with Crippen LogP contribution in [0.5, 0.6) is 0 Å². The molecule has 0 fully saturated rings. The highest BCUT2D eigenvalue weighted by atomic mass is 32.1. The highest BCUT2D eigenvalue weighted by molar-refractivity contribution is 7.81. The maximum Gasteiger partial charge on any atom is 0.235 e. The Morgan fingerprint density at radius 2 is 2.00 bits per heavy atom. The monoisotopic (exact) mass is 165 g/mol. The van der Waals surface area contributed by atoms with Gasteiger partial charge >= 0.3 is 0 Å². The summed E-state index contributed by atoms with van der Waals surface area (Å²) in [5.74, 6) is 0.787. The van der Waals surface area contributed by atoms with Gasteiger partial charge in [0.05, 0.1) is 4.92 Å². The van der Waals surface area contributed by atoms with Crippen molar-refractivity contribution in [1.82, 2.24) is 0 Å². The van der Waals surface area contributed by atoms with Crippen LogP contribution < -0.4 is 0 Å². The molecule has 0 N–H and O–H groups in total. The average Bonchev–Trinajstić information content (AvgIpc) is 1.82. The van der Waals surface area contributed by atoms with Crippen molar-refractivity contribution in [2.24, 2.45) is 0 Å². The van der Waals surface area contributed by atoms with Crippen LogP contribution in [0.2, 0.25) is 0 Å². The van der Waals surface area contributed by atoms with E-state index in [-0.39, 0.29) is 0 Å². The standard InChI is InChI=1S/C4H7NO2S2/c6-5(7)1-4(2-8)3-9/h1,8-9H,2-3H2. The number of hydrogen-bond acceptors (Lipinski definition) is 4. The van der Waals surface area contributed by atoms with E-state index in [0.29, 0.717) is 17.1 Å². The molecule has 0 heterocycles. The quantitative estimate of drug-likeness (QED) is 0.372. The molecule has 52 valence electrons. The molecule has 0 radical (unpaired) electrons. The maximum absolute atomic E-state index is 9.79. The lowest BCUT2D eigenvalue weighted by molar-refractivity contribution is -0.403. The highest BCUT2D eigenvalue weighted by Crippen LogP contribution is 1.98. The molecule has 0 saturated heterocycles. The van der Waals surface area contributed by atoms with Crippen molar-refractivity contribution < 1.29 is 4.92 Å².